The van der Waals surface area contributed by atoms with Crippen molar-refractivity contribution in [1.82, 2.24) is 24.7 Å². The minimum atomic E-state index is -0.490. The van der Waals surface area contributed by atoms with Gasteiger partial charge in [-0.3, -0.25) is 4.79 Å². The number of hydrogen-bond acceptors (Lipinski definition) is 7. The number of nitrogen functional groups attached to an aromatic ring is 1. The predicted octanol–water partition coefficient (Wildman–Crippen LogP) is 3.02. The van der Waals surface area contributed by atoms with Crippen molar-refractivity contribution in [3.05, 3.63) is 24.1 Å². The molecule has 0 aromatic carbocycles. The molecule has 0 saturated heterocycles. The molecule has 9 heteroatoms. The lowest BCUT2D eigenvalue weighted by molar-refractivity contribution is -0.120. The number of nitrogens with two attached hydrogens (primary N) is 1. The van der Waals surface area contributed by atoms with E-state index >= 15 is 0 Å². The summed E-state index contributed by atoms with van der Waals surface area (Å²) in [5.41, 5.74) is 7.45. The van der Waals surface area contributed by atoms with E-state index in [2.05, 4.69) is 25.4 Å². The normalized spacial score (nSPS) is 16.6. The minimum absolute atomic E-state index is 0.141. The molecule has 0 radical (unpaired) electrons. The highest BCUT2D eigenvalue weighted by Gasteiger charge is 2.29. The molecule has 1 fully saturated rings. The Hall–Kier alpha value is -2.55. The number of carbonyl (C=O) groups excluding carboxylic acids is 1. The molecule has 3 N–H and O–H groups in total. The number of nitrogens with zero attached hydrogens (tertiary/aromatic N) is 5. The average molecular weight is 371 g/mol. The van der Waals surface area contributed by atoms with E-state index in [1.807, 2.05) is 5.38 Å². The summed E-state index contributed by atoms with van der Waals surface area (Å²) in [6.45, 7) is 0. The largest absolute Gasteiger partial charge is 0.382 e. The number of aromatic nitrogens is 5. The van der Waals surface area contributed by atoms with Crippen LogP contribution in [-0.4, -0.2) is 30.6 Å². The second-order valence-electron chi connectivity index (χ2n) is 6.67. The second-order valence-corrected chi connectivity index (χ2v) is 7.56. The molecule has 3 heterocycles. The van der Waals surface area contributed by atoms with E-state index < -0.39 is 6.04 Å². The maximum absolute atomic E-state index is 13.0. The molecule has 1 aliphatic carbocycles. The van der Waals surface area contributed by atoms with Gasteiger partial charge in [0.25, 0.3) is 5.91 Å². The summed E-state index contributed by atoms with van der Waals surface area (Å²) in [5.74, 6) is 0.754. The fourth-order valence-corrected chi connectivity index (χ4v) is 4.17. The first kappa shape index (κ1) is 16.9. The lowest BCUT2D eigenvalue weighted by atomic mass is 9.84. The van der Waals surface area contributed by atoms with E-state index in [9.17, 15) is 4.79 Å². The molecule has 136 valence electrons. The zero-order valence-electron chi connectivity index (χ0n) is 14.3. The molecule has 3 aromatic rings. The van der Waals surface area contributed by atoms with Crippen molar-refractivity contribution < 1.29 is 4.79 Å². The zero-order chi connectivity index (χ0) is 17.9. The first-order valence-corrected chi connectivity index (χ1v) is 9.74. The van der Waals surface area contributed by atoms with Gasteiger partial charge < -0.3 is 11.1 Å². The van der Waals surface area contributed by atoms with Gasteiger partial charge in [0.15, 0.2) is 5.13 Å². The van der Waals surface area contributed by atoms with Crippen molar-refractivity contribution in [2.45, 2.75) is 44.6 Å². The fourth-order valence-electron chi connectivity index (χ4n) is 3.64. The lowest BCUT2D eigenvalue weighted by Gasteiger charge is -2.26. The molecule has 0 aliphatic heterocycles. The Kier molecular flexibility index (Phi) is 4.79. The van der Waals surface area contributed by atoms with Gasteiger partial charge in [-0.05, 0) is 12.3 Å². The summed E-state index contributed by atoms with van der Waals surface area (Å²) in [7, 11) is 0. The van der Waals surface area contributed by atoms with Crippen molar-refractivity contribution in [2.24, 2.45) is 5.92 Å². The van der Waals surface area contributed by atoms with Crippen LogP contribution in [0.3, 0.4) is 0 Å². The predicted molar refractivity (Wildman–Crippen MR) is 101 cm³/mol. The first-order chi connectivity index (χ1) is 12.7. The Bertz CT molecular complexity index is 886. The van der Waals surface area contributed by atoms with Crippen molar-refractivity contribution >= 4 is 39.2 Å². The molecular weight excluding hydrogens is 350 g/mol. The SMILES string of the molecule is Nc1c2ncncc2nn1C(CC1CCCCC1)C(=O)Nc1nccs1. The summed E-state index contributed by atoms with van der Waals surface area (Å²) in [4.78, 5) is 25.4. The molecule has 8 nitrogen and oxygen atoms in total. The van der Waals surface area contributed by atoms with Crippen LogP contribution in [0.4, 0.5) is 10.9 Å². The van der Waals surface area contributed by atoms with Gasteiger partial charge in [-0.2, -0.15) is 5.10 Å². The minimum Gasteiger partial charge on any atom is -0.382 e. The van der Waals surface area contributed by atoms with Crippen LogP contribution < -0.4 is 11.1 Å². The van der Waals surface area contributed by atoms with Crippen LogP contribution in [0.5, 0.6) is 0 Å². The van der Waals surface area contributed by atoms with Crippen LogP contribution in [0.1, 0.15) is 44.6 Å². The number of amides is 1. The molecule has 1 unspecified atom stereocenters. The Morgan fingerprint density at radius 1 is 1.35 bits per heavy atom. The van der Waals surface area contributed by atoms with Crippen LogP contribution in [0.15, 0.2) is 24.1 Å². The van der Waals surface area contributed by atoms with E-state index in [4.69, 9.17) is 5.73 Å². The van der Waals surface area contributed by atoms with Crippen molar-refractivity contribution in [3.8, 4) is 0 Å². The van der Waals surface area contributed by atoms with E-state index in [0.29, 0.717) is 34.3 Å². The second kappa shape index (κ2) is 7.36. The molecule has 1 aliphatic rings. The molecule has 4 rings (SSSR count). The number of rotatable bonds is 5. The maximum atomic E-state index is 13.0. The average Bonchev–Trinajstić information content (AvgIpc) is 3.29. The van der Waals surface area contributed by atoms with Crippen molar-refractivity contribution in [1.29, 1.82) is 0 Å². The summed E-state index contributed by atoms with van der Waals surface area (Å²) in [6, 6.07) is -0.490. The molecule has 1 saturated carbocycles. The Morgan fingerprint density at radius 3 is 2.92 bits per heavy atom. The fraction of sp³-hybridized carbons (Fsp3) is 0.471. The third kappa shape index (κ3) is 3.39. The number of fused-ring (bicyclic) bond motifs is 1. The van der Waals surface area contributed by atoms with Gasteiger partial charge in [-0.25, -0.2) is 19.6 Å². The number of carbonyl (C=O) groups is 1. The Labute approximate surface area is 154 Å². The highest BCUT2D eigenvalue weighted by Crippen LogP contribution is 2.33. The van der Waals surface area contributed by atoms with Gasteiger partial charge in [-0.1, -0.05) is 32.1 Å². The van der Waals surface area contributed by atoms with Crippen LogP contribution in [-0.2, 0) is 4.79 Å². The van der Waals surface area contributed by atoms with Gasteiger partial charge in [0.05, 0.1) is 6.20 Å². The smallest absolute Gasteiger partial charge is 0.251 e. The molecule has 1 amide bonds. The molecule has 1 atom stereocenters. The summed E-state index contributed by atoms with van der Waals surface area (Å²) >= 11 is 1.39. The standard InChI is InChI=1S/C17H21N7OS/c18-15-14-12(9-19-10-21-14)23-24(15)13(8-11-4-2-1-3-5-11)16(25)22-17-20-6-7-26-17/h6-7,9-11,13H,1-5,8,18H2,(H,20,22,25). The summed E-state index contributed by atoms with van der Waals surface area (Å²) in [5, 5.41) is 9.83. The van der Waals surface area contributed by atoms with E-state index in [-0.39, 0.29) is 5.91 Å². The molecular formula is C17H21N7OS. The van der Waals surface area contributed by atoms with Crippen LogP contribution in [0.25, 0.3) is 11.0 Å². The van der Waals surface area contributed by atoms with Gasteiger partial charge in [0.2, 0.25) is 0 Å². The number of nitrogens with one attached hydrogen (secondary N) is 1. The van der Waals surface area contributed by atoms with Crippen LogP contribution in [0.2, 0.25) is 0 Å². The number of hydrogen-bond donors (Lipinski definition) is 2. The third-order valence-corrected chi connectivity index (χ3v) is 5.63. The van der Waals surface area contributed by atoms with Gasteiger partial charge in [0, 0.05) is 11.6 Å². The maximum Gasteiger partial charge on any atom is 0.251 e. The number of thiazole rings is 1. The highest BCUT2D eigenvalue weighted by atomic mass is 32.1. The molecule has 0 bridgehead atoms. The van der Waals surface area contributed by atoms with E-state index in [0.717, 1.165) is 12.8 Å². The van der Waals surface area contributed by atoms with Gasteiger partial charge >= 0.3 is 0 Å². The summed E-state index contributed by atoms with van der Waals surface area (Å²) in [6.07, 6.45) is 11.4. The van der Waals surface area contributed by atoms with Crippen molar-refractivity contribution in [3.63, 3.8) is 0 Å². The van der Waals surface area contributed by atoms with E-state index in [1.54, 1.807) is 17.1 Å². The lowest BCUT2D eigenvalue weighted by Crippen LogP contribution is -2.30. The highest BCUT2D eigenvalue weighted by molar-refractivity contribution is 7.13. The molecule has 0 spiro atoms. The summed E-state index contributed by atoms with van der Waals surface area (Å²) < 4.78 is 1.61. The van der Waals surface area contributed by atoms with Crippen LogP contribution in [0, 0.1) is 5.92 Å². The Balaban J connectivity index is 1.66. The van der Waals surface area contributed by atoms with Crippen LogP contribution >= 0.6 is 11.3 Å². The quantitative estimate of drug-likeness (QED) is 0.713. The van der Waals surface area contributed by atoms with Gasteiger partial charge in [-0.15, -0.1) is 11.3 Å². The molecule has 3 aromatic heterocycles. The monoisotopic (exact) mass is 371 g/mol. The number of anilines is 2. The van der Waals surface area contributed by atoms with Gasteiger partial charge in [0.1, 0.15) is 29.2 Å². The molecule has 26 heavy (non-hydrogen) atoms. The topological polar surface area (TPSA) is 112 Å². The van der Waals surface area contributed by atoms with E-state index in [1.165, 1.54) is 36.9 Å². The zero-order valence-corrected chi connectivity index (χ0v) is 15.2. The van der Waals surface area contributed by atoms with Crippen molar-refractivity contribution in [2.75, 3.05) is 11.1 Å². The first-order valence-electron chi connectivity index (χ1n) is 8.86. The third-order valence-electron chi connectivity index (χ3n) is 4.94. The Morgan fingerprint density at radius 2 is 2.19 bits per heavy atom.